The fourth-order valence-electron chi connectivity index (χ4n) is 9.08. The number of aliphatic hydroxyl groups is 2. The lowest BCUT2D eigenvalue weighted by atomic mass is 10.0. The maximum atomic E-state index is 12.4. The molecule has 0 bridgehead atoms. The molecule has 0 spiro atoms. The van der Waals surface area contributed by atoms with Crippen LogP contribution < -0.4 is 5.32 Å². The third-order valence-corrected chi connectivity index (χ3v) is 13.7. The fourth-order valence-corrected chi connectivity index (χ4v) is 9.08. The summed E-state index contributed by atoms with van der Waals surface area (Å²) in [6.07, 6.45) is 70.3. The zero-order valence-corrected chi connectivity index (χ0v) is 44.9. The minimum Gasteiger partial charge on any atom is -0.466 e. The molecule has 2 unspecified atom stereocenters. The first kappa shape index (κ1) is 65.1. The standard InChI is InChI=1S/C61H115NO5/c1-3-5-7-9-11-13-15-17-27-31-35-39-43-47-51-55-61(66)67-56-52-48-44-40-36-32-29-26-24-22-20-18-19-21-23-25-28-30-34-38-42-46-50-54-60(65)62-58(57-63)59(64)53-49-45-41-37-33-16-14-12-10-8-6-4-2/h11,13,17,27,49,53,58-59,63-64H,3-10,12,14-16,18-26,28-48,50-52,54-57H2,1-2H3,(H,62,65)/b13-11-,27-17-,53-49+. The summed E-state index contributed by atoms with van der Waals surface area (Å²) < 4.78 is 5.48. The summed E-state index contributed by atoms with van der Waals surface area (Å²) in [6.45, 7) is 4.87. The van der Waals surface area contributed by atoms with Crippen molar-refractivity contribution in [1.82, 2.24) is 5.32 Å². The second-order valence-electron chi connectivity index (χ2n) is 20.3. The first-order chi connectivity index (χ1) is 33.0. The van der Waals surface area contributed by atoms with E-state index in [4.69, 9.17) is 4.74 Å². The number of rotatable bonds is 55. The molecule has 2 atom stereocenters. The zero-order chi connectivity index (χ0) is 48.6. The van der Waals surface area contributed by atoms with Crippen molar-refractivity contribution in [2.45, 2.75) is 328 Å². The Morgan fingerprint density at radius 2 is 0.746 bits per heavy atom. The van der Waals surface area contributed by atoms with E-state index in [1.807, 2.05) is 6.08 Å². The highest BCUT2D eigenvalue weighted by molar-refractivity contribution is 5.76. The van der Waals surface area contributed by atoms with Crippen LogP contribution in [0.2, 0.25) is 0 Å². The van der Waals surface area contributed by atoms with Crippen molar-refractivity contribution >= 4 is 11.9 Å². The van der Waals surface area contributed by atoms with Crippen LogP contribution in [0.3, 0.4) is 0 Å². The van der Waals surface area contributed by atoms with Gasteiger partial charge in [0.15, 0.2) is 0 Å². The average Bonchev–Trinajstić information content (AvgIpc) is 3.33. The largest absolute Gasteiger partial charge is 0.466 e. The van der Waals surface area contributed by atoms with E-state index in [9.17, 15) is 19.8 Å². The number of unbranched alkanes of at least 4 members (excludes halogenated alkanes) is 40. The SMILES string of the molecule is CCCCC/C=C\C/C=C\CCCCCCCC(=O)OCCCCCCCCCCCCCCCCCCCCCCCCCC(=O)NC(CO)C(O)/C=C/CCCCCCCCCCCC. The molecule has 0 radical (unpaired) electrons. The number of aliphatic hydroxyl groups excluding tert-OH is 2. The van der Waals surface area contributed by atoms with Crippen LogP contribution in [0.5, 0.6) is 0 Å². The zero-order valence-electron chi connectivity index (χ0n) is 44.9. The van der Waals surface area contributed by atoms with Gasteiger partial charge in [-0.1, -0.05) is 275 Å². The van der Waals surface area contributed by atoms with Crippen molar-refractivity contribution in [3.05, 3.63) is 36.5 Å². The van der Waals surface area contributed by atoms with Gasteiger partial charge in [-0.3, -0.25) is 9.59 Å². The molecule has 0 saturated carbocycles. The Kier molecular flexibility index (Phi) is 55.0. The molecule has 67 heavy (non-hydrogen) atoms. The van der Waals surface area contributed by atoms with Crippen molar-refractivity contribution in [3.8, 4) is 0 Å². The van der Waals surface area contributed by atoms with Gasteiger partial charge < -0.3 is 20.3 Å². The molecule has 0 aromatic carbocycles. The molecule has 0 aliphatic heterocycles. The number of nitrogens with one attached hydrogen (secondary N) is 1. The Balaban J connectivity index is 3.38. The summed E-state index contributed by atoms with van der Waals surface area (Å²) in [4.78, 5) is 24.5. The number of amides is 1. The number of hydrogen-bond acceptors (Lipinski definition) is 5. The maximum Gasteiger partial charge on any atom is 0.305 e. The molecule has 0 aromatic heterocycles. The number of ether oxygens (including phenoxy) is 1. The molecule has 394 valence electrons. The molecule has 0 aromatic rings. The first-order valence-electron chi connectivity index (χ1n) is 29.8. The molecule has 1 amide bonds. The second-order valence-corrected chi connectivity index (χ2v) is 20.3. The van der Waals surface area contributed by atoms with Crippen LogP contribution in [0.15, 0.2) is 36.5 Å². The normalized spacial score (nSPS) is 12.8. The van der Waals surface area contributed by atoms with E-state index < -0.39 is 12.1 Å². The topological polar surface area (TPSA) is 95.9 Å². The van der Waals surface area contributed by atoms with E-state index >= 15 is 0 Å². The van der Waals surface area contributed by atoms with Crippen LogP contribution in [0.1, 0.15) is 316 Å². The van der Waals surface area contributed by atoms with E-state index in [1.165, 1.54) is 238 Å². The van der Waals surface area contributed by atoms with E-state index in [2.05, 4.69) is 43.5 Å². The summed E-state index contributed by atoms with van der Waals surface area (Å²) in [6, 6.07) is -0.626. The van der Waals surface area contributed by atoms with Crippen LogP contribution in [0.4, 0.5) is 0 Å². The highest BCUT2D eigenvalue weighted by atomic mass is 16.5. The third-order valence-electron chi connectivity index (χ3n) is 13.7. The predicted octanol–water partition coefficient (Wildman–Crippen LogP) is 18.4. The van der Waals surface area contributed by atoms with E-state index in [-0.39, 0.29) is 18.5 Å². The van der Waals surface area contributed by atoms with Gasteiger partial charge in [-0.15, -0.1) is 0 Å². The Morgan fingerprint density at radius 1 is 0.418 bits per heavy atom. The second kappa shape index (κ2) is 56.7. The fraction of sp³-hybridized carbons (Fsp3) is 0.869. The monoisotopic (exact) mass is 942 g/mol. The van der Waals surface area contributed by atoms with Crippen molar-refractivity contribution in [2.24, 2.45) is 0 Å². The Morgan fingerprint density at radius 3 is 1.16 bits per heavy atom. The van der Waals surface area contributed by atoms with E-state index in [0.29, 0.717) is 19.4 Å². The van der Waals surface area contributed by atoms with E-state index in [1.54, 1.807) is 6.08 Å². The molecule has 0 aliphatic carbocycles. The molecule has 0 aliphatic rings. The van der Waals surface area contributed by atoms with Gasteiger partial charge in [-0.2, -0.15) is 0 Å². The van der Waals surface area contributed by atoms with Gasteiger partial charge in [0.25, 0.3) is 0 Å². The van der Waals surface area contributed by atoms with E-state index in [0.717, 1.165) is 51.4 Å². The molecular weight excluding hydrogens is 827 g/mol. The predicted molar refractivity (Wildman–Crippen MR) is 292 cm³/mol. The lowest BCUT2D eigenvalue weighted by Gasteiger charge is -2.20. The quantitative estimate of drug-likeness (QED) is 0.0321. The lowest BCUT2D eigenvalue weighted by molar-refractivity contribution is -0.143. The van der Waals surface area contributed by atoms with Crippen LogP contribution in [0, 0.1) is 0 Å². The van der Waals surface area contributed by atoms with Gasteiger partial charge in [0.1, 0.15) is 0 Å². The van der Waals surface area contributed by atoms with Gasteiger partial charge in [0, 0.05) is 12.8 Å². The van der Waals surface area contributed by atoms with Gasteiger partial charge >= 0.3 is 5.97 Å². The number of carbonyl (C=O) groups is 2. The summed E-state index contributed by atoms with van der Waals surface area (Å²) in [5.74, 6) is -0.0684. The minimum atomic E-state index is -0.843. The molecule has 0 fully saturated rings. The minimum absolute atomic E-state index is 0.000374. The van der Waals surface area contributed by atoms with Crippen LogP contribution >= 0.6 is 0 Å². The van der Waals surface area contributed by atoms with Crippen molar-refractivity contribution < 1.29 is 24.5 Å². The van der Waals surface area contributed by atoms with Gasteiger partial charge in [0.2, 0.25) is 5.91 Å². The highest BCUT2D eigenvalue weighted by Crippen LogP contribution is 2.17. The van der Waals surface area contributed by atoms with Gasteiger partial charge in [-0.25, -0.2) is 0 Å². The number of allylic oxidation sites excluding steroid dienone is 5. The molecule has 3 N–H and O–H groups in total. The summed E-state index contributed by atoms with van der Waals surface area (Å²) >= 11 is 0. The Labute approximate surface area is 417 Å². The Hall–Kier alpha value is -1.92. The molecule has 0 saturated heterocycles. The van der Waals surface area contributed by atoms with Gasteiger partial charge in [0.05, 0.1) is 25.4 Å². The van der Waals surface area contributed by atoms with Crippen molar-refractivity contribution in [3.63, 3.8) is 0 Å². The molecular formula is C61H115NO5. The molecule has 6 nitrogen and oxygen atoms in total. The highest BCUT2D eigenvalue weighted by Gasteiger charge is 2.18. The van der Waals surface area contributed by atoms with Crippen LogP contribution in [-0.2, 0) is 14.3 Å². The number of hydrogen-bond donors (Lipinski definition) is 3. The maximum absolute atomic E-state index is 12.4. The summed E-state index contributed by atoms with van der Waals surface area (Å²) in [7, 11) is 0. The van der Waals surface area contributed by atoms with Crippen LogP contribution in [-0.4, -0.2) is 47.4 Å². The average molecular weight is 943 g/mol. The van der Waals surface area contributed by atoms with Crippen LogP contribution in [0.25, 0.3) is 0 Å². The molecule has 0 rings (SSSR count). The third kappa shape index (κ3) is 53.3. The van der Waals surface area contributed by atoms with Crippen molar-refractivity contribution in [2.75, 3.05) is 13.2 Å². The first-order valence-corrected chi connectivity index (χ1v) is 29.8. The lowest BCUT2D eigenvalue weighted by Crippen LogP contribution is -2.45. The summed E-state index contributed by atoms with van der Waals surface area (Å²) in [5.41, 5.74) is 0. The molecule has 0 heterocycles. The van der Waals surface area contributed by atoms with Crippen molar-refractivity contribution in [1.29, 1.82) is 0 Å². The number of esters is 1. The summed E-state index contributed by atoms with van der Waals surface area (Å²) in [5, 5.41) is 23.0. The van der Waals surface area contributed by atoms with Gasteiger partial charge in [-0.05, 0) is 64.2 Å². The number of carbonyl (C=O) groups excluding carboxylic acids is 2. The molecule has 6 heteroatoms. The smallest absolute Gasteiger partial charge is 0.305 e. The Bertz CT molecular complexity index is 1090.